The van der Waals surface area contributed by atoms with E-state index in [-0.39, 0.29) is 5.41 Å². The molecule has 0 atom stereocenters. The van der Waals surface area contributed by atoms with Gasteiger partial charge in [0.2, 0.25) is 0 Å². The predicted octanol–water partition coefficient (Wildman–Crippen LogP) is 6.43. The maximum atomic E-state index is 2.48. The van der Waals surface area contributed by atoms with Gasteiger partial charge in [0.25, 0.3) is 0 Å². The van der Waals surface area contributed by atoms with Gasteiger partial charge in [0, 0.05) is 8.99 Å². The first-order valence-electron chi connectivity index (χ1n) is 8.15. The SMILES string of the molecule is CCCC(c1ccccc1)(c1ccccc1)c1ccccc1I. The zero-order valence-electron chi connectivity index (χ0n) is 13.4. The fraction of sp³-hybridized carbons (Fsp3) is 0.182. The van der Waals surface area contributed by atoms with Crippen molar-refractivity contribution in [3.8, 4) is 0 Å². The Labute approximate surface area is 152 Å². The Hall–Kier alpha value is -1.61. The summed E-state index contributed by atoms with van der Waals surface area (Å²) in [6.45, 7) is 2.27. The fourth-order valence-corrected chi connectivity index (χ4v) is 4.38. The molecule has 0 unspecified atom stereocenters. The van der Waals surface area contributed by atoms with Crippen LogP contribution in [0.4, 0.5) is 0 Å². The number of benzene rings is 3. The fourth-order valence-electron chi connectivity index (χ4n) is 3.53. The molecule has 1 heteroatoms. The highest BCUT2D eigenvalue weighted by molar-refractivity contribution is 14.1. The minimum atomic E-state index is -0.0882. The molecule has 0 fully saturated rings. The first kappa shape index (κ1) is 16.3. The van der Waals surface area contributed by atoms with Crippen LogP contribution in [0.1, 0.15) is 36.5 Å². The standard InChI is InChI=1S/C22H21I/c1-2-17-22(18-11-5-3-6-12-18,19-13-7-4-8-14-19)20-15-9-10-16-21(20)23/h3-16H,2,17H2,1H3. The normalized spacial score (nSPS) is 11.4. The third-order valence-electron chi connectivity index (χ3n) is 4.49. The van der Waals surface area contributed by atoms with Crippen LogP contribution in [0.25, 0.3) is 0 Å². The van der Waals surface area contributed by atoms with E-state index in [1.165, 1.54) is 20.3 Å². The first-order valence-corrected chi connectivity index (χ1v) is 9.23. The van der Waals surface area contributed by atoms with Gasteiger partial charge in [0.15, 0.2) is 0 Å². The van der Waals surface area contributed by atoms with Crippen molar-refractivity contribution in [3.63, 3.8) is 0 Å². The third kappa shape index (κ3) is 3.07. The Morgan fingerprint density at radius 1 is 0.696 bits per heavy atom. The van der Waals surface area contributed by atoms with E-state index in [1.807, 2.05) is 0 Å². The largest absolute Gasteiger partial charge is 0.0653 e. The second-order valence-electron chi connectivity index (χ2n) is 5.87. The lowest BCUT2D eigenvalue weighted by molar-refractivity contribution is 0.547. The minimum absolute atomic E-state index is 0.0882. The average Bonchev–Trinajstić information content (AvgIpc) is 2.62. The van der Waals surface area contributed by atoms with Crippen molar-refractivity contribution in [1.82, 2.24) is 0 Å². The van der Waals surface area contributed by atoms with Crippen LogP contribution in [0.15, 0.2) is 84.9 Å². The number of halogens is 1. The molecule has 0 aliphatic heterocycles. The first-order chi connectivity index (χ1) is 11.3. The van der Waals surface area contributed by atoms with Gasteiger partial charge >= 0.3 is 0 Å². The topological polar surface area (TPSA) is 0 Å². The van der Waals surface area contributed by atoms with Gasteiger partial charge in [-0.3, -0.25) is 0 Å². The van der Waals surface area contributed by atoms with Crippen LogP contribution in [0.3, 0.4) is 0 Å². The van der Waals surface area contributed by atoms with Crippen molar-refractivity contribution in [3.05, 3.63) is 105 Å². The zero-order valence-corrected chi connectivity index (χ0v) is 15.5. The van der Waals surface area contributed by atoms with Crippen molar-refractivity contribution in [2.75, 3.05) is 0 Å². The lowest BCUT2D eigenvalue weighted by Crippen LogP contribution is -2.30. The molecule has 0 spiro atoms. The summed E-state index contributed by atoms with van der Waals surface area (Å²) in [4.78, 5) is 0. The molecular weight excluding hydrogens is 391 g/mol. The molecule has 0 bridgehead atoms. The molecule has 3 aromatic rings. The molecule has 0 saturated carbocycles. The van der Waals surface area contributed by atoms with E-state index in [1.54, 1.807) is 0 Å². The van der Waals surface area contributed by atoms with Crippen LogP contribution in [0.2, 0.25) is 0 Å². The van der Waals surface area contributed by atoms with Crippen molar-refractivity contribution >= 4 is 22.6 Å². The van der Waals surface area contributed by atoms with Crippen molar-refractivity contribution < 1.29 is 0 Å². The van der Waals surface area contributed by atoms with Gasteiger partial charge < -0.3 is 0 Å². The lowest BCUT2D eigenvalue weighted by atomic mass is 9.67. The smallest absolute Gasteiger partial charge is 0.0461 e. The van der Waals surface area contributed by atoms with E-state index in [4.69, 9.17) is 0 Å². The Morgan fingerprint density at radius 2 is 1.17 bits per heavy atom. The third-order valence-corrected chi connectivity index (χ3v) is 5.43. The highest BCUT2D eigenvalue weighted by Crippen LogP contribution is 2.44. The summed E-state index contributed by atoms with van der Waals surface area (Å²) in [7, 11) is 0. The molecule has 0 aliphatic rings. The second kappa shape index (κ2) is 7.31. The van der Waals surface area contributed by atoms with Gasteiger partial charge in [-0.15, -0.1) is 0 Å². The Kier molecular flexibility index (Phi) is 5.16. The Bertz CT molecular complexity index is 708. The molecule has 0 aromatic heterocycles. The van der Waals surface area contributed by atoms with Crippen LogP contribution >= 0.6 is 22.6 Å². The van der Waals surface area contributed by atoms with E-state index in [9.17, 15) is 0 Å². The van der Waals surface area contributed by atoms with Crippen molar-refractivity contribution in [2.45, 2.75) is 25.2 Å². The van der Waals surface area contributed by atoms with Crippen LogP contribution in [-0.2, 0) is 5.41 Å². The average molecular weight is 412 g/mol. The molecule has 0 N–H and O–H groups in total. The lowest BCUT2D eigenvalue weighted by Gasteiger charge is -2.36. The van der Waals surface area contributed by atoms with Gasteiger partial charge in [-0.25, -0.2) is 0 Å². The van der Waals surface area contributed by atoms with E-state index in [2.05, 4.69) is 114 Å². The molecule has 0 heterocycles. The van der Waals surface area contributed by atoms with Crippen molar-refractivity contribution in [1.29, 1.82) is 0 Å². The molecule has 3 rings (SSSR count). The minimum Gasteiger partial charge on any atom is -0.0653 e. The van der Waals surface area contributed by atoms with E-state index in [0.29, 0.717) is 0 Å². The molecule has 0 amide bonds. The van der Waals surface area contributed by atoms with Crippen LogP contribution < -0.4 is 0 Å². The summed E-state index contributed by atoms with van der Waals surface area (Å²) in [5.41, 5.74) is 4.06. The number of hydrogen-bond acceptors (Lipinski definition) is 0. The Balaban J connectivity index is 2.34. The summed E-state index contributed by atoms with van der Waals surface area (Å²) in [5.74, 6) is 0. The monoisotopic (exact) mass is 412 g/mol. The molecule has 3 aromatic carbocycles. The predicted molar refractivity (Wildman–Crippen MR) is 107 cm³/mol. The van der Waals surface area contributed by atoms with Gasteiger partial charge in [0.1, 0.15) is 0 Å². The number of rotatable bonds is 5. The quantitative estimate of drug-likeness (QED) is 0.335. The van der Waals surface area contributed by atoms with Crippen LogP contribution in [0, 0.1) is 3.57 Å². The second-order valence-corrected chi connectivity index (χ2v) is 7.03. The number of hydrogen-bond donors (Lipinski definition) is 0. The molecule has 0 radical (unpaired) electrons. The van der Waals surface area contributed by atoms with Gasteiger partial charge in [-0.1, -0.05) is 92.2 Å². The molecular formula is C22H21I. The van der Waals surface area contributed by atoms with Gasteiger partial charge in [-0.2, -0.15) is 0 Å². The van der Waals surface area contributed by atoms with Crippen molar-refractivity contribution in [2.24, 2.45) is 0 Å². The Morgan fingerprint density at radius 3 is 1.65 bits per heavy atom. The van der Waals surface area contributed by atoms with E-state index >= 15 is 0 Å². The van der Waals surface area contributed by atoms with Gasteiger partial charge in [0.05, 0.1) is 0 Å². The molecule has 116 valence electrons. The summed E-state index contributed by atoms with van der Waals surface area (Å²) < 4.78 is 1.33. The highest BCUT2D eigenvalue weighted by atomic mass is 127. The molecule has 0 saturated heterocycles. The zero-order chi connectivity index (χ0) is 16.1. The summed E-state index contributed by atoms with van der Waals surface area (Å²) in [6, 6.07) is 30.7. The summed E-state index contributed by atoms with van der Waals surface area (Å²) in [6.07, 6.45) is 2.23. The highest BCUT2D eigenvalue weighted by Gasteiger charge is 2.36. The maximum Gasteiger partial charge on any atom is 0.0461 e. The van der Waals surface area contributed by atoms with E-state index in [0.717, 1.165) is 12.8 Å². The molecule has 0 nitrogen and oxygen atoms in total. The van der Waals surface area contributed by atoms with Crippen LogP contribution in [0.5, 0.6) is 0 Å². The summed E-state index contributed by atoms with van der Waals surface area (Å²) in [5, 5.41) is 0. The molecule has 0 aliphatic carbocycles. The van der Waals surface area contributed by atoms with Gasteiger partial charge in [-0.05, 0) is 51.8 Å². The van der Waals surface area contributed by atoms with Crippen LogP contribution in [-0.4, -0.2) is 0 Å². The summed E-state index contributed by atoms with van der Waals surface area (Å²) >= 11 is 2.48. The van der Waals surface area contributed by atoms with E-state index < -0.39 is 0 Å². The maximum absolute atomic E-state index is 2.48. The molecule has 23 heavy (non-hydrogen) atoms.